The maximum atomic E-state index is 13.1. The van der Waals surface area contributed by atoms with Crippen molar-refractivity contribution in [1.82, 2.24) is 14.8 Å². The molecule has 4 rings (SSSR count). The highest BCUT2D eigenvalue weighted by Gasteiger charge is 2.20. The van der Waals surface area contributed by atoms with Gasteiger partial charge in [-0.3, -0.25) is 19.6 Å². The molecule has 0 fully saturated rings. The summed E-state index contributed by atoms with van der Waals surface area (Å²) in [5, 5.41) is 9.39. The maximum Gasteiger partial charge on any atom is 0.311 e. The van der Waals surface area contributed by atoms with E-state index in [4.69, 9.17) is 9.47 Å². The van der Waals surface area contributed by atoms with Gasteiger partial charge in [0.2, 0.25) is 5.88 Å². The van der Waals surface area contributed by atoms with Gasteiger partial charge in [-0.1, -0.05) is 60.7 Å². The number of hydrogen-bond donors (Lipinski definition) is 1. The average Bonchev–Trinajstić information content (AvgIpc) is 3.45. The van der Waals surface area contributed by atoms with Crippen molar-refractivity contribution in [2.24, 2.45) is 0 Å². The molecule has 2 aromatic heterocycles. The first-order valence-electron chi connectivity index (χ1n) is 10.8. The zero-order valence-corrected chi connectivity index (χ0v) is 19.5. The summed E-state index contributed by atoms with van der Waals surface area (Å²) in [5.74, 6) is -0.510. The Bertz CT molecular complexity index is 1240. The molecule has 0 aliphatic carbocycles. The van der Waals surface area contributed by atoms with Crippen molar-refractivity contribution in [2.45, 2.75) is 26.5 Å². The van der Waals surface area contributed by atoms with Crippen LogP contribution < -0.4 is 10.1 Å². The number of thiazole rings is 1. The Balaban J connectivity index is 1.50. The zero-order chi connectivity index (χ0) is 23.8. The minimum absolute atomic E-state index is 0.0562. The fourth-order valence-corrected chi connectivity index (χ4v) is 3.92. The molecule has 0 saturated carbocycles. The molecular formula is C25H24N4O4S. The van der Waals surface area contributed by atoms with Crippen LogP contribution in [0.1, 0.15) is 34.1 Å². The summed E-state index contributed by atoms with van der Waals surface area (Å²) in [6.07, 6.45) is 1.72. The van der Waals surface area contributed by atoms with Crippen LogP contribution in [-0.4, -0.2) is 33.2 Å². The molecule has 1 amide bonds. The van der Waals surface area contributed by atoms with E-state index in [9.17, 15) is 9.59 Å². The van der Waals surface area contributed by atoms with Crippen LogP contribution in [-0.2, 0) is 29.1 Å². The van der Waals surface area contributed by atoms with E-state index in [0.717, 1.165) is 11.1 Å². The number of anilines is 1. The van der Waals surface area contributed by atoms with E-state index in [1.165, 1.54) is 11.3 Å². The number of amides is 1. The summed E-state index contributed by atoms with van der Waals surface area (Å²) >= 11 is 1.24. The molecule has 2 heterocycles. The first kappa shape index (κ1) is 23.2. The predicted molar refractivity (Wildman–Crippen MR) is 129 cm³/mol. The van der Waals surface area contributed by atoms with Crippen molar-refractivity contribution < 1.29 is 19.1 Å². The number of carbonyl (C=O) groups is 2. The molecule has 4 aromatic rings. The Kier molecular flexibility index (Phi) is 7.67. The molecule has 174 valence electrons. The van der Waals surface area contributed by atoms with E-state index >= 15 is 0 Å². The lowest BCUT2D eigenvalue weighted by atomic mass is 10.2. The lowest BCUT2D eigenvalue weighted by molar-refractivity contribution is -0.142. The number of benzene rings is 2. The predicted octanol–water partition coefficient (Wildman–Crippen LogP) is 4.32. The molecule has 0 unspecified atom stereocenters. The minimum atomic E-state index is -0.389. The Morgan fingerprint density at radius 3 is 2.44 bits per heavy atom. The van der Waals surface area contributed by atoms with E-state index in [1.807, 2.05) is 60.7 Å². The highest BCUT2D eigenvalue weighted by molar-refractivity contribution is 7.14. The Morgan fingerprint density at radius 1 is 1.03 bits per heavy atom. The first-order valence-corrected chi connectivity index (χ1v) is 11.7. The molecule has 2 aromatic carbocycles. The van der Waals surface area contributed by atoms with Crippen LogP contribution >= 0.6 is 11.3 Å². The summed E-state index contributed by atoms with van der Waals surface area (Å²) in [6, 6.07) is 19.5. The molecule has 1 N–H and O–H groups in total. The van der Waals surface area contributed by atoms with Gasteiger partial charge < -0.3 is 9.47 Å². The smallest absolute Gasteiger partial charge is 0.311 e. The maximum absolute atomic E-state index is 13.1. The third-order valence-electron chi connectivity index (χ3n) is 4.78. The molecule has 34 heavy (non-hydrogen) atoms. The van der Waals surface area contributed by atoms with Gasteiger partial charge in [0.25, 0.3) is 5.91 Å². The molecule has 0 aliphatic rings. The second-order valence-electron chi connectivity index (χ2n) is 7.39. The van der Waals surface area contributed by atoms with E-state index in [0.29, 0.717) is 29.5 Å². The number of hydrogen-bond acceptors (Lipinski definition) is 7. The number of esters is 1. The standard InChI is InChI=1S/C25H24N4O4S/c1-2-32-22(30)13-20-17-34-25(26-20)27-23(31)21-15-29(14-18-9-5-3-6-10-18)28-24(21)33-16-19-11-7-4-8-12-19/h3-12,15,17H,2,13-14,16H2,1H3,(H,26,27,31). The molecular weight excluding hydrogens is 452 g/mol. The normalized spacial score (nSPS) is 10.6. The summed E-state index contributed by atoms with van der Waals surface area (Å²) < 4.78 is 12.5. The van der Waals surface area contributed by atoms with E-state index < -0.39 is 0 Å². The molecule has 0 atom stereocenters. The van der Waals surface area contributed by atoms with Gasteiger partial charge in [-0.25, -0.2) is 4.98 Å². The Hall–Kier alpha value is -3.98. The van der Waals surface area contributed by atoms with Gasteiger partial charge in [0.05, 0.1) is 25.3 Å². The fraction of sp³-hybridized carbons (Fsp3) is 0.200. The van der Waals surface area contributed by atoms with Gasteiger partial charge in [0, 0.05) is 11.6 Å². The summed E-state index contributed by atoms with van der Waals surface area (Å²) in [5.41, 5.74) is 2.86. The molecule has 0 saturated heterocycles. The summed E-state index contributed by atoms with van der Waals surface area (Å²) in [4.78, 5) is 29.1. The number of aromatic nitrogens is 3. The van der Waals surface area contributed by atoms with Crippen molar-refractivity contribution in [3.8, 4) is 5.88 Å². The molecule has 0 spiro atoms. The molecule has 0 aliphatic heterocycles. The number of nitrogens with one attached hydrogen (secondary N) is 1. The van der Waals surface area contributed by atoms with Crippen LogP contribution in [0.2, 0.25) is 0 Å². The number of carbonyl (C=O) groups excluding carboxylic acids is 2. The van der Waals surface area contributed by atoms with E-state index in [-0.39, 0.29) is 30.8 Å². The van der Waals surface area contributed by atoms with Crippen LogP contribution in [0, 0.1) is 0 Å². The molecule has 9 heteroatoms. The topological polar surface area (TPSA) is 95.3 Å². The highest BCUT2D eigenvalue weighted by Crippen LogP contribution is 2.22. The van der Waals surface area contributed by atoms with Gasteiger partial charge in [0.1, 0.15) is 12.2 Å². The van der Waals surface area contributed by atoms with E-state index in [2.05, 4.69) is 15.4 Å². The van der Waals surface area contributed by atoms with Gasteiger partial charge in [-0.2, -0.15) is 0 Å². The lowest BCUT2D eigenvalue weighted by Gasteiger charge is -2.06. The largest absolute Gasteiger partial charge is 0.471 e. The Morgan fingerprint density at radius 2 is 1.74 bits per heavy atom. The van der Waals surface area contributed by atoms with Gasteiger partial charge in [-0.15, -0.1) is 16.4 Å². The highest BCUT2D eigenvalue weighted by atomic mass is 32.1. The van der Waals surface area contributed by atoms with Crippen LogP contribution in [0.3, 0.4) is 0 Å². The van der Waals surface area contributed by atoms with Crippen LogP contribution in [0.5, 0.6) is 5.88 Å². The second kappa shape index (κ2) is 11.2. The zero-order valence-electron chi connectivity index (χ0n) is 18.6. The monoisotopic (exact) mass is 476 g/mol. The number of nitrogens with zero attached hydrogens (tertiary/aromatic N) is 3. The van der Waals surface area contributed by atoms with Crippen molar-refractivity contribution in [1.29, 1.82) is 0 Å². The average molecular weight is 477 g/mol. The van der Waals surface area contributed by atoms with Gasteiger partial charge in [0.15, 0.2) is 5.13 Å². The van der Waals surface area contributed by atoms with Crippen molar-refractivity contribution >= 4 is 28.3 Å². The van der Waals surface area contributed by atoms with Crippen LogP contribution in [0.15, 0.2) is 72.2 Å². The van der Waals surface area contributed by atoms with E-state index in [1.54, 1.807) is 23.2 Å². The van der Waals surface area contributed by atoms with Gasteiger partial charge >= 0.3 is 5.97 Å². The fourth-order valence-electron chi connectivity index (χ4n) is 3.21. The van der Waals surface area contributed by atoms with Gasteiger partial charge in [-0.05, 0) is 18.1 Å². The summed E-state index contributed by atoms with van der Waals surface area (Å²) in [7, 11) is 0. The number of ether oxygens (including phenoxy) is 2. The first-order chi connectivity index (χ1) is 16.6. The minimum Gasteiger partial charge on any atom is -0.471 e. The van der Waals surface area contributed by atoms with Crippen LogP contribution in [0.4, 0.5) is 5.13 Å². The third-order valence-corrected chi connectivity index (χ3v) is 5.59. The second-order valence-corrected chi connectivity index (χ2v) is 8.24. The van der Waals surface area contributed by atoms with Crippen molar-refractivity contribution in [3.05, 3.63) is 94.6 Å². The van der Waals surface area contributed by atoms with Crippen LogP contribution in [0.25, 0.3) is 0 Å². The summed E-state index contributed by atoms with van der Waals surface area (Å²) in [6.45, 7) is 2.84. The molecule has 0 bridgehead atoms. The SMILES string of the molecule is CCOC(=O)Cc1csc(NC(=O)c2cn(Cc3ccccc3)nc2OCc2ccccc2)n1. The Labute approximate surface area is 201 Å². The quantitative estimate of drug-likeness (QED) is 0.343. The van der Waals surface area contributed by atoms with Crippen molar-refractivity contribution in [3.63, 3.8) is 0 Å². The van der Waals surface area contributed by atoms with Crippen molar-refractivity contribution in [2.75, 3.05) is 11.9 Å². The third kappa shape index (κ3) is 6.29. The lowest BCUT2D eigenvalue weighted by Crippen LogP contribution is -2.13. The molecule has 0 radical (unpaired) electrons. The number of rotatable bonds is 10. The molecule has 8 nitrogen and oxygen atoms in total.